The van der Waals surface area contributed by atoms with Gasteiger partial charge in [-0.3, -0.25) is 9.59 Å². The molecule has 0 spiro atoms. The second-order valence-corrected chi connectivity index (χ2v) is 10.6. The molecule has 0 radical (unpaired) electrons. The highest BCUT2D eigenvalue weighted by Gasteiger charge is 2.23. The molecule has 1 amide bonds. The van der Waals surface area contributed by atoms with Gasteiger partial charge >= 0.3 is 0 Å². The molecule has 37 heavy (non-hydrogen) atoms. The van der Waals surface area contributed by atoms with Crippen LogP contribution >= 0.6 is 31.9 Å². The molecule has 1 aliphatic rings. The summed E-state index contributed by atoms with van der Waals surface area (Å²) in [5, 5.41) is 13.3. The van der Waals surface area contributed by atoms with E-state index in [9.17, 15) is 14.7 Å². The lowest BCUT2D eigenvalue weighted by Crippen LogP contribution is -2.29. The van der Waals surface area contributed by atoms with Gasteiger partial charge in [0, 0.05) is 36.3 Å². The van der Waals surface area contributed by atoms with Gasteiger partial charge in [-0.15, -0.1) is 0 Å². The number of carbonyl (C=O) groups excluding carboxylic acids is 2. The number of aromatic hydroxyl groups is 1. The Morgan fingerprint density at radius 1 is 0.838 bits per heavy atom. The van der Waals surface area contributed by atoms with Gasteiger partial charge in [-0.2, -0.15) is 0 Å². The second-order valence-electron chi connectivity index (χ2n) is 8.79. The van der Waals surface area contributed by atoms with E-state index < -0.39 is 0 Å². The van der Waals surface area contributed by atoms with Gasteiger partial charge in [0.05, 0.1) is 22.9 Å². The van der Waals surface area contributed by atoms with E-state index >= 15 is 0 Å². The molecule has 0 saturated carbocycles. The van der Waals surface area contributed by atoms with Crippen molar-refractivity contribution in [2.45, 2.75) is 6.42 Å². The van der Waals surface area contributed by atoms with Gasteiger partial charge < -0.3 is 10.1 Å². The molecule has 0 saturated heterocycles. The van der Waals surface area contributed by atoms with E-state index in [1.807, 2.05) is 66.7 Å². The normalized spacial score (nSPS) is 13.4. The van der Waals surface area contributed by atoms with Crippen LogP contribution in [0, 0.1) is 0 Å². The van der Waals surface area contributed by atoms with Crippen LogP contribution in [-0.4, -0.2) is 21.8 Å². The number of benzene rings is 4. The van der Waals surface area contributed by atoms with Gasteiger partial charge in [0.1, 0.15) is 0 Å². The monoisotopic (exact) mass is 612 g/mol. The van der Waals surface area contributed by atoms with Crippen LogP contribution in [0.4, 0.5) is 0 Å². The number of aromatic nitrogens is 1. The van der Waals surface area contributed by atoms with Crippen molar-refractivity contribution in [3.8, 4) is 5.88 Å². The Bertz CT molecular complexity index is 1850. The van der Waals surface area contributed by atoms with Crippen molar-refractivity contribution >= 4 is 60.0 Å². The molecule has 0 fully saturated rings. The standard InChI is InChI=1S/C30H18Br2N2O3/c31-19-11-7-16(8-12-19)25(21-4-1-3-18-15-24(35)33-27(18)21)26-22-5-2-6-23(28(22)34-30(26)37)29(36)17-9-13-20(32)14-10-17/h1-14,34,37H,15H2. The maximum atomic E-state index is 13.4. The smallest absolute Gasteiger partial charge is 0.250 e. The van der Waals surface area contributed by atoms with E-state index in [0.717, 1.165) is 30.9 Å². The van der Waals surface area contributed by atoms with Crippen molar-refractivity contribution < 1.29 is 14.7 Å². The minimum absolute atomic E-state index is 0.0640. The first kappa shape index (κ1) is 23.6. The summed E-state index contributed by atoms with van der Waals surface area (Å²) in [4.78, 5) is 33.0. The summed E-state index contributed by atoms with van der Waals surface area (Å²) in [7, 11) is 0. The van der Waals surface area contributed by atoms with Crippen molar-refractivity contribution in [2.75, 3.05) is 0 Å². The van der Waals surface area contributed by atoms with Gasteiger partial charge in [0.2, 0.25) is 0 Å². The first-order valence-corrected chi connectivity index (χ1v) is 13.1. The third-order valence-corrected chi connectivity index (χ3v) is 7.57. The largest absolute Gasteiger partial charge is 0.494 e. The number of aromatic amines is 1. The topological polar surface area (TPSA) is 82.5 Å². The third kappa shape index (κ3) is 4.14. The van der Waals surface area contributed by atoms with Crippen LogP contribution in [0.25, 0.3) is 16.5 Å². The van der Waals surface area contributed by atoms with Crippen LogP contribution in [-0.2, 0) is 11.2 Å². The number of nitrogens with zero attached hydrogens (tertiary/aromatic N) is 1. The number of nitrogens with one attached hydrogen (secondary N) is 1. The fourth-order valence-corrected chi connectivity index (χ4v) is 5.38. The molecular formula is C30H18Br2N2O3. The number of hydrogen-bond donors (Lipinski definition) is 2. The van der Waals surface area contributed by atoms with Gasteiger partial charge in [-0.1, -0.05) is 74.3 Å². The number of halogens is 2. The highest BCUT2D eigenvalue weighted by atomic mass is 79.9. The van der Waals surface area contributed by atoms with Crippen LogP contribution in [0.5, 0.6) is 5.88 Å². The third-order valence-electron chi connectivity index (χ3n) is 6.52. The Hall–Kier alpha value is -3.81. The van der Waals surface area contributed by atoms with E-state index in [1.165, 1.54) is 0 Å². The zero-order valence-electron chi connectivity index (χ0n) is 19.3. The van der Waals surface area contributed by atoms with Crippen LogP contribution < -0.4 is 10.6 Å². The van der Waals surface area contributed by atoms with Crippen LogP contribution in [0.15, 0.2) is 98.9 Å². The molecule has 2 heterocycles. The minimum atomic E-state index is -0.192. The van der Waals surface area contributed by atoms with Crippen LogP contribution in [0.2, 0.25) is 0 Å². The van der Waals surface area contributed by atoms with Gasteiger partial charge in [-0.25, -0.2) is 4.99 Å². The zero-order chi connectivity index (χ0) is 25.7. The molecule has 6 rings (SSSR count). The van der Waals surface area contributed by atoms with E-state index in [2.05, 4.69) is 41.8 Å². The second kappa shape index (κ2) is 9.25. The summed E-state index contributed by atoms with van der Waals surface area (Å²) in [6.45, 7) is 0. The number of para-hydroxylation sites is 2. The fourth-order valence-electron chi connectivity index (χ4n) is 4.85. The molecule has 7 heteroatoms. The molecule has 0 bridgehead atoms. The molecule has 0 aliphatic carbocycles. The van der Waals surface area contributed by atoms with Crippen molar-refractivity contribution in [3.63, 3.8) is 0 Å². The van der Waals surface area contributed by atoms with E-state index in [1.54, 1.807) is 18.2 Å². The van der Waals surface area contributed by atoms with Crippen molar-refractivity contribution in [1.29, 1.82) is 0 Å². The lowest BCUT2D eigenvalue weighted by Gasteiger charge is -2.10. The molecule has 5 aromatic rings. The predicted molar refractivity (Wildman–Crippen MR) is 149 cm³/mol. The summed E-state index contributed by atoms with van der Waals surface area (Å²) in [5.74, 6) is -0.411. The fraction of sp³-hybridized carbons (Fsp3) is 0.0333. The van der Waals surface area contributed by atoms with Crippen molar-refractivity contribution in [1.82, 2.24) is 4.98 Å². The SMILES string of the molecule is O=C1Cc2cccc(=C(c3ccc(Br)cc3)c3c(O)[nH]c4c(C(=O)c5ccc(Br)cc5)cccc34)c2=N1. The Morgan fingerprint density at radius 3 is 2.19 bits per heavy atom. The highest BCUT2D eigenvalue weighted by molar-refractivity contribution is 9.10. The predicted octanol–water partition coefficient (Wildman–Crippen LogP) is 5.58. The Balaban J connectivity index is 1.67. The van der Waals surface area contributed by atoms with Gasteiger partial charge in [0.15, 0.2) is 11.7 Å². The molecular weight excluding hydrogens is 596 g/mol. The van der Waals surface area contributed by atoms with Crippen LogP contribution in [0.1, 0.15) is 32.6 Å². The molecule has 180 valence electrons. The van der Waals surface area contributed by atoms with Gasteiger partial charge in [0.25, 0.3) is 5.91 Å². The van der Waals surface area contributed by atoms with E-state index in [4.69, 9.17) is 0 Å². The molecule has 5 nitrogen and oxygen atoms in total. The quantitative estimate of drug-likeness (QED) is 0.260. The summed E-state index contributed by atoms with van der Waals surface area (Å²) < 4.78 is 1.80. The molecule has 4 aromatic carbocycles. The summed E-state index contributed by atoms with van der Waals surface area (Å²) in [5.41, 5.74) is 4.49. The number of H-pyrrole nitrogens is 1. The Morgan fingerprint density at radius 2 is 1.49 bits per heavy atom. The zero-order valence-corrected chi connectivity index (χ0v) is 22.4. The van der Waals surface area contributed by atoms with Gasteiger partial charge in [-0.05, 0) is 53.6 Å². The number of fused-ring (bicyclic) bond motifs is 2. The number of amides is 1. The summed E-state index contributed by atoms with van der Waals surface area (Å²) in [6.07, 6.45) is 0.252. The summed E-state index contributed by atoms with van der Waals surface area (Å²) >= 11 is 6.90. The number of carbonyl (C=O) groups is 2. The summed E-state index contributed by atoms with van der Waals surface area (Å²) in [6, 6.07) is 26.1. The highest BCUT2D eigenvalue weighted by Crippen LogP contribution is 2.37. The number of hydrogen-bond acceptors (Lipinski definition) is 3. The first-order valence-electron chi connectivity index (χ1n) is 11.5. The molecule has 0 unspecified atom stereocenters. The average molecular weight is 614 g/mol. The van der Waals surface area contributed by atoms with Crippen molar-refractivity contribution in [2.24, 2.45) is 4.99 Å². The Labute approximate surface area is 228 Å². The number of rotatable bonds is 4. The lowest BCUT2D eigenvalue weighted by molar-refractivity contribution is -0.116. The molecule has 2 N–H and O–H groups in total. The maximum absolute atomic E-state index is 13.4. The Kier molecular flexibility index (Phi) is 5.89. The minimum Gasteiger partial charge on any atom is -0.494 e. The van der Waals surface area contributed by atoms with E-state index in [-0.39, 0.29) is 24.0 Å². The molecule has 1 aliphatic heterocycles. The lowest BCUT2D eigenvalue weighted by atomic mass is 9.92. The molecule has 0 atom stereocenters. The molecule has 1 aromatic heterocycles. The van der Waals surface area contributed by atoms with Crippen molar-refractivity contribution in [3.05, 3.63) is 132 Å². The van der Waals surface area contributed by atoms with Crippen LogP contribution in [0.3, 0.4) is 0 Å². The first-order chi connectivity index (χ1) is 17.9. The number of ketones is 1. The average Bonchev–Trinajstić information content (AvgIpc) is 3.44. The van der Waals surface area contributed by atoms with E-state index in [0.29, 0.717) is 33.0 Å². The maximum Gasteiger partial charge on any atom is 0.250 e.